The van der Waals surface area contributed by atoms with Gasteiger partial charge in [0.25, 0.3) is 0 Å². The average Bonchev–Trinajstić information content (AvgIpc) is 0. The van der Waals surface area contributed by atoms with E-state index in [9.17, 15) is 0 Å². The van der Waals surface area contributed by atoms with Gasteiger partial charge in [0, 0.05) is 0 Å². The molecule has 0 heterocycles. The second-order valence-electron chi connectivity index (χ2n) is 0. The molecule has 0 saturated carbocycles. The van der Waals surface area contributed by atoms with Crippen molar-refractivity contribution in [1.29, 1.82) is 0 Å². The molecule has 0 rings (SSSR count). The maximum absolute atomic E-state index is 0. The molecule has 0 aromatic rings. The SMILES string of the molecule is [Cl-].[Cl-].[Cr+4].[OH-].[OH-]. The van der Waals surface area contributed by atoms with E-state index in [0.717, 1.165) is 0 Å². The number of hydrogen-bond acceptors (Lipinski definition) is 2. The summed E-state index contributed by atoms with van der Waals surface area (Å²) in [6.07, 6.45) is 0. The molecule has 0 unspecified atom stereocenters. The number of halogens is 2. The summed E-state index contributed by atoms with van der Waals surface area (Å²) in [4.78, 5) is 0. The zero-order valence-electron chi connectivity index (χ0n) is 2.06. The van der Waals surface area contributed by atoms with Crippen molar-refractivity contribution in [3.05, 3.63) is 0 Å². The first-order valence-electron chi connectivity index (χ1n) is 0. The van der Waals surface area contributed by atoms with Crippen LogP contribution in [0.1, 0.15) is 0 Å². The molecule has 0 amide bonds. The largest absolute Gasteiger partial charge is 4.00 e. The van der Waals surface area contributed by atoms with Crippen LogP contribution in [0.4, 0.5) is 0 Å². The van der Waals surface area contributed by atoms with Crippen LogP contribution in [0.3, 0.4) is 0 Å². The third-order valence-corrected chi connectivity index (χ3v) is 0. The first-order valence-corrected chi connectivity index (χ1v) is 0. The molecule has 0 aliphatic rings. The standard InChI is InChI=1S/2ClH.Cr.2H2O/h2*1H;;2*1H2/q;;+4;;/p-4. The summed E-state index contributed by atoms with van der Waals surface area (Å²) in [5.74, 6) is 0. The first-order chi connectivity index (χ1) is 0. The van der Waals surface area contributed by atoms with Crippen molar-refractivity contribution in [2.75, 3.05) is 0 Å². The summed E-state index contributed by atoms with van der Waals surface area (Å²) in [5, 5.41) is 0. The molecule has 34 valence electrons. The van der Waals surface area contributed by atoms with Crippen molar-refractivity contribution in [3.8, 4) is 0 Å². The molecule has 0 atom stereocenters. The summed E-state index contributed by atoms with van der Waals surface area (Å²) in [6, 6.07) is 0. The minimum atomic E-state index is 0. The van der Waals surface area contributed by atoms with Gasteiger partial charge in [-0.3, -0.25) is 0 Å². The Morgan fingerprint density at radius 1 is 0.600 bits per heavy atom. The van der Waals surface area contributed by atoms with Gasteiger partial charge in [-0.05, 0) is 0 Å². The molecule has 0 spiro atoms. The molecular formula is H2Cl2CrO2. The van der Waals surface area contributed by atoms with Crippen molar-refractivity contribution in [3.63, 3.8) is 0 Å². The van der Waals surface area contributed by atoms with Gasteiger partial charge in [-0.25, -0.2) is 0 Å². The van der Waals surface area contributed by atoms with Crippen molar-refractivity contribution in [1.82, 2.24) is 0 Å². The summed E-state index contributed by atoms with van der Waals surface area (Å²) in [7, 11) is 0. The Balaban J connectivity index is 0. The van der Waals surface area contributed by atoms with Crippen molar-refractivity contribution in [2.24, 2.45) is 0 Å². The normalized spacial score (nSPS) is 0. The van der Waals surface area contributed by atoms with Crippen molar-refractivity contribution < 1.29 is 53.1 Å². The quantitative estimate of drug-likeness (QED) is 0.351. The van der Waals surface area contributed by atoms with E-state index in [-0.39, 0.29) is 53.1 Å². The average molecular weight is 157 g/mol. The molecule has 0 radical (unpaired) electrons. The van der Waals surface area contributed by atoms with Crippen LogP contribution in [-0.2, 0) is 17.4 Å². The summed E-state index contributed by atoms with van der Waals surface area (Å²) >= 11 is 0. The van der Waals surface area contributed by atoms with Crippen LogP contribution in [0.5, 0.6) is 0 Å². The van der Waals surface area contributed by atoms with Gasteiger partial charge in [0.1, 0.15) is 0 Å². The van der Waals surface area contributed by atoms with E-state index in [2.05, 4.69) is 0 Å². The minimum absolute atomic E-state index is 0. The molecule has 2 nitrogen and oxygen atoms in total. The zero-order valence-corrected chi connectivity index (χ0v) is 4.85. The minimum Gasteiger partial charge on any atom is -1.00 e. The predicted molar refractivity (Wildman–Crippen MR) is 3.87 cm³/mol. The molecule has 0 aliphatic heterocycles. The van der Waals surface area contributed by atoms with Gasteiger partial charge in [-0.1, -0.05) is 0 Å². The Labute approximate surface area is 53.5 Å². The second kappa shape index (κ2) is 76.8. The molecule has 0 saturated heterocycles. The van der Waals surface area contributed by atoms with Gasteiger partial charge >= 0.3 is 17.4 Å². The molecule has 0 fully saturated rings. The van der Waals surface area contributed by atoms with Gasteiger partial charge in [0.15, 0.2) is 0 Å². The summed E-state index contributed by atoms with van der Waals surface area (Å²) < 4.78 is 0. The Hall–Kier alpha value is 1.03. The smallest absolute Gasteiger partial charge is 1.00 e. The summed E-state index contributed by atoms with van der Waals surface area (Å²) in [6.45, 7) is 0. The molecule has 0 aromatic heterocycles. The number of rotatable bonds is 0. The van der Waals surface area contributed by atoms with Crippen LogP contribution in [0.15, 0.2) is 0 Å². The molecule has 0 bridgehead atoms. The Morgan fingerprint density at radius 2 is 0.600 bits per heavy atom. The van der Waals surface area contributed by atoms with E-state index < -0.39 is 0 Å². The maximum atomic E-state index is 0. The van der Waals surface area contributed by atoms with E-state index in [4.69, 9.17) is 0 Å². The van der Waals surface area contributed by atoms with E-state index in [1.54, 1.807) is 0 Å². The first kappa shape index (κ1) is 143. The third kappa shape index (κ3) is 43.4. The van der Waals surface area contributed by atoms with Crippen molar-refractivity contribution in [2.45, 2.75) is 0 Å². The van der Waals surface area contributed by atoms with Crippen molar-refractivity contribution >= 4 is 0 Å². The van der Waals surface area contributed by atoms with E-state index >= 15 is 0 Å². The topological polar surface area (TPSA) is 60.0 Å². The number of hydrogen-bond donors (Lipinski definition) is 0. The molecule has 2 N–H and O–H groups in total. The molecule has 0 aromatic carbocycles. The van der Waals surface area contributed by atoms with E-state index in [1.807, 2.05) is 0 Å². The fourth-order valence-corrected chi connectivity index (χ4v) is 0. The Bertz CT molecular complexity index is 7.61. The van der Waals surface area contributed by atoms with Gasteiger partial charge < -0.3 is 35.8 Å². The monoisotopic (exact) mass is 156 g/mol. The third-order valence-electron chi connectivity index (χ3n) is 0. The predicted octanol–water partition coefficient (Wildman–Crippen LogP) is -6.35. The maximum Gasteiger partial charge on any atom is 4.00 e. The van der Waals surface area contributed by atoms with Crippen LogP contribution in [0.25, 0.3) is 0 Å². The van der Waals surface area contributed by atoms with E-state index in [1.165, 1.54) is 0 Å². The van der Waals surface area contributed by atoms with Gasteiger partial charge in [-0.2, -0.15) is 0 Å². The van der Waals surface area contributed by atoms with Crippen LogP contribution in [0, 0.1) is 0 Å². The van der Waals surface area contributed by atoms with Crippen LogP contribution >= 0.6 is 0 Å². The van der Waals surface area contributed by atoms with E-state index in [0.29, 0.717) is 0 Å². The van der Waals surface area contributed by atoms with Crippen LogP contribution < -0.4 is 24.8 Å². The van der Waals surface area contributed by atoms with Gasteiger partial charge in [0.2, 0.25) is 0 Å². The molecular weight excluding hydrogens is 155 g/mol. The van der Waals surface area contributed by atoms with Crippen LogP contribution in [0.2, 0.25) is 0 Å². The Kier molecular flexibility index (Phi) is 2200. The fraction of sp³-hybridized carbons (Fsp3) is 0. The Morgan fingerprint density at radius 3 is 0.600 bits per heavy atom. The molecule has 0 aliphatic carbocycles. The molecule has 5 heteroatoms. The second-order valence-corrected chi connectivity index (χ2v) is 0. The van der Waals surface area contributed by atoms with Crippen LogP contribution in [-0.4, -0.2) is 11.0 Å². The zero-order chi connectivity index (χ0) is 0. The van der Waals surface area contributed by atoms with Gasteiger partial charge in [0.05, 0.1) is 0 Å². The fourth-order valence-electron chi connectivity index (χ4n) is 0. The summed E-state index contributed by atoms with van der Waals surface area (Å²) in [5.41, 5.74) is 0. The molecule has 5 heavy (non-hydrogen) atoms. The van der Waals surface area contributed by atoms with Gasteiger partial charge in [-0.15, -0.1) is 0 Å².